The Balaban J connectivity index is 1.68. The molecule has 192 valence electrons. The molecule has 7 nitrogen and oxygen atoms in total. The molecular weight excluding hydrogens is 530 g/mol. The third-order valence-corrected chi connectivity index (χ3v) is 10.8. The second-order valence-electron chi connectivity index (χ2n) is 10.1. The van der Waals surface area contributed by atoms with E-state index in [4.69, 9.17) is 0 Å². The zero-order chi connectivity index (χ0) is 25.3. The van der Waals surface area contributed by atoms with Crippen LogP contribution < -0.4 is 10.6 Å². The first-order valence-corrected chi connectivity index (χ1v) is 14.4. The number of hydrogen-bond donors (Lipinski definition) is 3. The predicted octanol–water partition coefficient (Wildman–Crippen LogP) is 3.40. The molecule has 3 aliphatic rings. The Morgan fingerprint density at radius 3 is 2.71 bits per heavy atom. The number of benzene rings is 1. The molecule has 6 atom stereocenters. The molecule has 3 unspecified atom stereocenters. The number of carbonyl (C=O) groups is 3. The molecule has 1 aromatic carbocycles. The van der Waals surface area contributed by atoms with Crippen LogP contribution in [0.4, 0.5) is 5.69 Å². The Morgan fingerprint density at radius 1 is 1.23 bits per heavy atom. The van der Waals surface area contributed by atoms with Crippen LogP contribution in [0.25, 0.3) is 0 Å². The Morgan fingerprint density at radius 2 is 2.00 bits per heavy atom. The third-order valence-electron chi connectivity index (χ3n) is 7.60. The quantitative estimate of drug-likeness (QED) is 0.298. The number of unbranched alkanes of at least 4 members (excludes halogenated alkanes) is 2. The van der Waals surface area contributed by atoms with Crippen LogP contribution in [-0.2, 0) is 14.4 Å². The Labute approximate surface area is 220 Å². The fourth-order valence-corrected chi connectivity index (χ4v) is 9.59. The number of aliphatic hydroxyl groups excluding tert-OH is 1. The summed E-state index contributed by atoms with van der Waals surface area (Å²) < 4.78 is -0.636. The molecule has 0 radical (unpaired) electrons. The van der Waals surface area contributed by atoms with E-state index in [-0.39, 0.29) is 34.4 Å². The molecule has 9 heteroatoms. The molecule has 3 amide bonds. The summed E-state index contributed by atoms with van der Waals surface area (Å²) in [7, 11) is 0. The van der Waals surface area contributed by atoms with Gasteiger partial charge in [0.2, 0.25) is 17.7 Å². The van der Waals surface area contributed by atoms with Crippen molar-refractivity contribution in [3.63, 3.8) is 0 Å². The summed E-state index contributed by atoms with van der Waals surface area (Å²) >= 11 is 5.45. The molecule has 0 aliphatic carbocycles. The van der Waals surface area contributed by atoms with Gasteiger partial charge < -0.3 is 20.6 Å². The lowest BCUT2D eigenvalue weighted by Gasteiger charge is -2.35. The van der Waals surface area contributed by atoms with Crippen molar-refractivity contribution in [3.05, 3.63) is 29.3 Å². The maximum atomic E-state index is 13.9. The first-order valence-electron chi connectivity index (χ1n) is 12.6. The number of alkyl halides is 1. The van der Waals surface area contributed by atoms with Gasteiger partial charge >= 0.3 is 0 Å². The van der Waals surface area contributed by atoms with E-state index in [0.29, 0.717) is 32.4 Å². The number of fused-ring (bicyclic) bond motifs is 1. The summed E-state index contributed by atoms with van der Waals surface area (Å²) in [5, 5.41) is 15.3. The summed E-state index contributed by atoms with van der Waals surface area (Å²) in [4.78, 5) is 42.9. The number of aryl methyl sites for hydroxylation is 2. The predicted molar refractivity (Wildman–Crippen MR) is 143 cm³/mol. The lowest BCUT2D eigenvalue weighted by Crippen LogP contribution is -2.53. The van der Waals surface area contributed by atoms with E-state index in [1.807, 2.05) is 39.0 Å². The maximum Gasteiger partial charge on any atom is 0.248 e. The van der Waals surface area contributed by atoms with E-state index in [9.17, 15) is 19.5 Å². The van der Waals surface area contributed by atoms with Crippen LogP contribution in [0, 0.1) is 25.7 Å². The molecule has 3 N–H and O–H groups in total. The van der Waals surface area contributed by atoms with Gasteiger partial charge in [0, 0.05) is 35.5 Å². The zero-order valence-electron chi connectivity index (χ0n) is 20.7. The van der Waals surface area contributed by atoms with E-state index in [2.05, 4.69) is 26.6 Å². The van der Waals surface area contributed by atoms with E-state index < -0.39 is 22.6 Å². The molecule has 4 rings (SSSR count). The number of likely N-dealkylation sites (tertiary alicyclic amines) is 1. The van der Waals surface area contributed by atoms with Gasteiger partial charge in [-0.3, -0.25) is 14.4 Å². The van der Waals surface area contributed by atoms with Gasteiger partial charge in [-0.15, -0.1) is 11.8 Å². The highest BCUT2D eigenvalue weighted by molar-refractivity contribution is 9.09. The van der Waals surface area contributed by atoms with Crippen molar-refractivity contribution < 1.29 is 19.5 Å². The maximum absolute atomic E-state index is 13.9. The Kier molecular flexibility index (Phi) is 8.18. The van der Waals surface area contributed by atoms with Crippen molar-refractivity contribution in [2.24, 2.45) is 11.8 Å². The van der Waals surface area contributed by atoms with Gasteiger partial charge in [-0.1, -0.05) is 35.0 Å². The summed E-state index contributed by atoms with van der Waals surface area (Å²) in [5.74, 6) is -1.30. The number of aliphatic hydroxyl groups is 1. The highest BCUT2D eigenvalue weighted by atomic mass is 79.9. The van der Waals surface area contributed by atoms with Crippen LogP contribution in [0.1, 0.15) is 50.2 Å². The van der Waals surface area contributed by atoms with Crippen LogP contribution in [0.5, 0.6) is 0 Å². The van der Waals surface area contributed by atoms with E-state index in [1.54, 1.807) is 16.7 Å². The number of amides is 3. The minimum Gasteiger partial charge on any atom is -0.396 e. The summed E-state index contributed by atoms with van der Waals surface area (Å²) in [6.07, 6.45) is 3.66. The zero-order valence-corrected chi connectivity index (χ0v) is 23.1. The van der Waals surface area contributed by atoms with Crippen molar-refractivity contribution in [2.75, 3.05) is 25.0 Å². The highest BCUT2D eigenvalue weighted by Gasteiger charge is 2.75. The SMILES string of the molecule is CCCNC(=O)[C@H]1[C@H]2C(=O)N(CCCCCO)C(C(=O)Nc3cc(C)ccc3C)C23CC(Br)[C@@H]1S3. The lowest BCUT2D eigenvalue weighted by atomic mass is 9.70. The number of anilines is 1. The molecule has 3 aliphatic heterocycles. The third kappa shape index (κ3) is 4.76. The number of rotatable bonds is 10. The summed E-state index contributed by atoms with van der Waals surface area (Å²) in [6, 6.07) is 5.30. The van der Waals surface area contributed by atoms with Gasteiger partial charge in [-0.25, -0.2) is 0 Å². The number of nitrogens with one attached hydrogen (secondary N) is 2. The average Bonchev–Trinajstić information content (AvgIpc) is 3.41. The topological polar surface area (TPSA) is 98.7 Å². The molecule has 2 bridgehead atoms. The van der Waals surface area contributed by atoms with Crippen molar-refractivity contribution in [3.8, 4) is 0 Å². The fraction of sp³-hybridized carbons (Fsp3) is 0.654. The van der Waals surface area contributed by atoms with Gasteiger partial charge in [0.15, 0.2) is 0 Å². The van der Waals surface area contributed by atoms with Crippen LogP contribution in [-0.4, -0.2) is 68.3 Å². The lowest BCUT2D eigenvalue weighted by molar-refractivity contribution is -0.139. The van der Waals surface area contributed by atoms with Gasteiger partial charge in [-0.05, 0) is 63.1 Å². The second kappa shape index (κ2) is 10.8. The summed E-state index contributed by atoms with van der Waals surface area (Å²) in [5.41, 5.74) is 2.78. The van der Waals surface area contributed by atoms with Crippen LogP contribution in [0.3, 0.4) is 0 Å². The molecule has 3 heterocycles. The number of nitrogens with zero attached hydrogens (tertiary/aromatic N) is 1. The normalized spacial score (nSPS) is 31.1. The minimum atomic E-state index is -0.645. The molecular formula is C26H36BrN3O4S. The van der Waals surface area contributed by atoms with E-state index in [1.165, 1.54) is 0 Å². The average molecular weight is 567 g/mol. The second-order valence-corrected chi connectivity index (χ2v) is 12.8. The number of hydrogen-bond acceptors (Lipinski definition) is 5. The van der Waals surface area contributed by atoms with Crippen molar-refractivity contribution in [1.82, 2.24) is 10.2 Å². The van der Waals surface area contributed by atoms with E-state index in [0.717, 1.165) is 29.7 Å². The van der Waals surface area contributed by atoms with Gasteiger partial charge in [0.05, 0.1) is 16.6 Å². The first-order chi connectivity index (χ1) is 16.7. The van der Waals surface area contributed by atoms with Crippen molar-refractivity contribution >= 4 is 51.1 Å². The fourth-order valence-electron chi connectivity index (χ4n) is 5.98. The number of halogens is 1. The Hall–Kier alpha value is -1.58. The summed E-state index contributed by atoms with van der Waals surface area (Å²) in [6.45, 7) is 7.09. The number of carbonyl (C=O) groups excluding carboxylic acids is 3. The van der Waals surface area contributed by atoms with Gasteiger partial charge in [0.1, 0.15) is 6.04 Å². The molecule has 0 saturated carbocycles. The Bertz CT molecular complexity index is 991. The molecule has 1 spiro atoms. The van der Waals surface area contributed by atoms with Crippen molar-refractivity contribution in [2.45, 2.75) is 73.7 Å². The first kappa shape index (κ1) is 26.5. The molecule has 0 aromatic heterocycles. The van der Waals surface area contributed by atoms with Crippen molar-refractivity contribution in [1.29, 1.82) is 0 Å². The molecule has 35 heavy (non-hydrogen) atoms. The largest absolute Gasteiger partial charge is 0.396 e. The molecule has 3 saturated heterocycles. The van der Waals surface area contributed by atoms with Crippen LogP contribution in [0.2, 0.25) is 0 Å². The highest BCUT2D eigenvalue weighted by Crippen LogP contribution is 2.67. The smallest absolute Gasteiger partial charge is 0.248 e. The molecule has 1 aromatic rings. The molecule has 3 fully saturated rings. The van der Waals surface area contributed by atoms with Gasteiger partial charge in [-0.2, -0.15) is 0 Å². The van der Waals surface area contributed by atoms with Gasteiger partial charge in [0.25, 0.3) is 0 Å². The number of thioether (sulfide) groups is 1. The van der Waals surface area contributed by atoms with Crippen LogP contribution >= 0.6 is 27.7 Å². The van der Waals surface area contributed by atoms with Crippen LogP contribution in [0.15, 0.2) is 18.2 Å². The van der Waals surface area contributed by atoms with E-state index >= 15 is 0 Å². The monoisotopic (exact) mass is 565 g/mol. The minimum absolute atomic E-state index is 0.0339. The standard InChI is InChI=1S/C26H36BrN3O4S/c1-4-10-28-23(32)19-20-25(34)30(11-6-5-7-12-31)22(26(20)14-17(27)21(19)35-26)24(33)29-18-13-15(2)8-9-16(18)3/h8-9,13,17,19-22,31H,4-7,10-12,14H2,1-3H3,(H,28,32)(H,29,33)/t17?,19-,20-,21-,22?,26?/m0/s1.